The summed E-state index contributed by atoms with van der Waals surface area (Å²) in [5.74, 6) is 0. The number of nitrogens with zero attached hydrogens (tertiary/aromatic N) is 1. The van der Waals surface area contributed by atoms with E-state index in [1.54, 1.807) is 0 Å². The molecule has 0 amide bonds. The van der Waals surface area contributed by atoms with Crippen LogP contribution in [0.15, 0.2) is 10.5 Å². The largest absolute Gasteiger partial charge is 0.395 e. The predicted octanol–water partition coefficient (Wildman–Crippen LogP) is 2.48. The van der Waals surface area contributed by atoms with Gasteiger partial charge in [0.2, 0.25) is 0 Å². The molecule has 1 unspecified atom stereocenters. The van der Waals surface area contributed by atoms with E-state index in [0.717, 1.165) is 0 Å². The van der Waals surface area contributed by atoms with E-state index in [4.69, 9.17) is 28.9 Å². The predicted molar refractivity (Wildman–Crippen MR) is 56.8 cm³/mol. The average Bonchev–Trinajstić information content (AvgIpc) is 1.97. The van der Waals surface area contributed by atoms with Crippen LogP contribution in [-0.2, 0) is 5.06 Å². The standard InChI is InChI=1S/C7H7BrCl2N2O/c1-7(10,13)4-2-3(8)5(11)6(9)12-4/h2,13H,11H2,1H3. The molecule has 0 bridgehead atoms. The van der Waals surface area contributed by atoms with Crippen LogP contribution >= 0.6 is 39.1 Å². The Hall–Kier alpha value is -0.0300. The number of nitrogens with two attached hydrogens (primary N) is 1. The fourth-order valence-corrected chi connectivity index (χ4v) is 1.54. The molecule has 0 saturated carbocycles. The van der Waals surface area contributed by atoms with Crippen molar-refractivity contribution in [2.75, 3.05) is 5.73 Å². The van der Waals surface area contributed by atoms with Crippen molar-refractivity contribution in [1.29, 1.82) is 0 Å². The minimum atomic E-state index is -1.54. The zero-order chi connectivity index (χ0) is 10.2. The highest BCUT2D eigenvalue weighted by atomic mass is 79.9. The molecule has 6 heteroatoms. The summed E-state index contributed by atoms with van der Waals surface area (Å²) in [5, 5.41) is 7.99. The van der Waals surface area contributed by atoms with Crippen molar-refractivity contribution in [3.63, 3.8) is 0 Å². The van der Waals surface area contributed by atoms with Gasteiger partial charge in [-0.05, 0) is 28.9 Å². The highest BCUT2D eigenvalue weighted by Crippen LogP contribution is 2.32. The Morgan fingerprint density at radius 1 is 1.69 bits per heavy atom. The maximum Gasteiger partial charge on any atom is 0.178 e. The Morgan fingerprint density at radius 2 is 2.23 bits per heavy atom. The molecule has 1 heterocycles. The second kappa shape index (κ2) is 3.61. The smallest absolute Gasteiger partial charge is 0.178 e. The molecule has 0 spiro atoms. The molecular weight excluding hydrogens is 279 g/mol. The molecule has 72 valence electrons. The van der Waals surface area contributed by atoms with Crippen molar-refractivity contribution >= 4 is 44.8 Å². The normalized spacial score (nSPS) is 15.5. The SMILES string of the molecule is CC(O)(Cl)c1cc(Br)c(N)c(Cl)n1. The van der Waals surface area contributed by atoms with Crippen LogP contribution in [0.25, 0.3) is 0 Å². The molecule has 3 nitrogen and oxygen atoms in total. The molecule has 0 fully saturated rings. The number of alkyl halides is 1. The lowest BCUT2D eigenvalue weighted by molar-refractivity contribution is 0.145. The summed E-state index contributed by atoms with van der Waals surface area (Å²) in [6.45, 7) is 1.40. The molecule has 1 rings (SSSR count). The van der Waals surface area contributed by atoms with Crippen molar-refractivity contribution in [1.82, 2.24) is 4.98 Å². The summed E-state index contributed by atoms with van der Waals surface area (Å²) < 4.78 is 0.559. The number of rotatable bonds is 1. The molecule has 0 aliphatic rings. The zero-order valence-electron chi connectivity index (χ0n) is 6.68. The van der Waals surface area contributed by atoms with Gasteiger partial charge in [0.25, 0.3) is 0 Å². The summed E-state index contributed by atoms with van der Waals surface area (Å²) in [4.78, 5) is 3.83. The number of hydrogen-bond donors (Lipinski definition) is 2. The molecular formula is C7H7BrCl2N2O. The molecule has 1 aromatic heterocycles. The van der Waals surface area contributed by atoms with E-state index in [-0.39, 0.29) is 10.8 Å². The molecule has 3 N–H and O–H groups in total. The molecule has 1 atom stereocenters. The number of pyridine rings is 1. The van der Waals surface area contributed by atoms with Crippen LogP contribution in [0.2, 0.25) is 5.15 Å². The Bertz CT molecular complexity index is 315. The fourth-order valence-electron chi connectivity index (χ4n) is 0.728. The summed E-state index contributed by atoms with van der Waals surface area (Å²) in [6, 6.07) is 1.52. The maximum atomic E-state index is 9.41. The van der Waals surface area contributed by atoms with Crippen LogP contribution < -0.4 is 5.73 Å². The maximum absolute atomic E-state index is 9.41. The van der Waals surface area contributed by atoms with Gasteiger partial charge in [-0.15, -0.1) is 0 Å². The number of hydrogen-bond acceptors (Lipinski definition) is 3. The van der Waals surface area contributed by atoms with Gasteiger partial charge in [0.1, 0.15) is 0 Å². The van der Waals surface area contributed by atoms with Crippen LogP contribution in [0.5, 0.6) is 0 Å². The van der Waals surface area contributed by atoms with Crippen molar-refractivity contribution in [2.45, 2.75) is 12.0 Å². The van der Waals surface area contributed by atoms with Crippen LogP contribution in [0.4, 0.5) is 5.69 Å². The van der Waals surface area contributed by atoms with Gasteiger partial charge >= 0.3 is 0 Å². The number of anilines is 1. The van der Waals surface area contributed by atoms with Gasteiger partial charge in [-0.2, -0.15) is 0 Å². The van der Waals surface area contributed by atoms with E-state index in [1.165, 1.54) is 13.0 Å². The first-order valence-electron chi connectivity index (χ1n) is 3.35. The Labute approximate surface area is 94.0 Å². The summed E-state index contributed by atoms with van der Waals surface area (Å²) in [5.41, 5.74) is 6.10. The lowest BCUT2D eigenvalue weighted by atomic mass is 10.2. The second-order valence-electron chi connectivity index (χ2n) is 2.65. The van der Waals surface area contributed by atoms with Gasteiger partial charge in [0.15, 0.2) is 10.2 Å². The molecule has 0 aliphatic heterocycles. The highest BCUT2D eigenvalue weighted by Gasteiger charge is 2.22. The van der Waals surface area contributed by atoms with Gasteiger partial charge in [-0.25, -0.2) is 4.98 Å². The van der Waals surface area contributed by atoms with Crippen LogP contribution in [0, 0.1) is 0 Å². The van der Waals surface area contributed by atoms with E-state index in [1.807, 2.05) is 0 Å². The third-order valence-corrected chi connectivity index (χ3v) is 2.57. The Kier molecular flexibility index (Phi) is 3.07. The van der Waals surface area contributed by atoms with Crippen molar-refractivity contribution < 1.29 is 5.11 Å². The van der Waals surface area contributed by atoms with Crippen molar-refractivity contribution in [3.05, 3.63) is 21.4 Å². The van der Waals surface area contributed by atoms with E-state index in [0.29, 0.717) is 10.2 Å². The lowest BCUT2D eigenvalue weighted by Gasteiger charge is -2.15. The second-order valence-corrected chi connectivity index (χ2v) is 4.60. The molecule has 0 aliphatic carbocycles. The number of halogens is 3. The number of aliphatic hydroxyl groups is 1. The molecule has 13 heavy (non-hydrogen) atoms. The average molecular weight is 286 g/mol. The molecule has 1 aromatic rings. The quantitative estimate of drug-likeness (QED) is 0.616. The Balaban J connectivity index is 3.29. The van der Waals surface area contributed by atoms with Crippen LogP contribution in [0.3, 0.4) is 0 Å². The van der Waals surface area contributed by atoms with Crippen molar-refractivity contribution in [2.24, 2.45) is 0 Å². The summed E-state index contributed by atoms with van der Waals surface area (Å²) in [6.07, 6.45) is 0. The van der Waals surface area contributed by atoms with Gasteiger partial charge in [-0.1, -0.05) is 23.2 Å². The lowest BCUT2D eigenvalue weighted by Crippen LogP contribution is -2.14. The first-order valence-corrected chi connectivity index (χ1v) is 4.90. The highest BCUT2D eigenvalue weighted by molar-refractivity contribution is 9.10. The fraction of sp³-hybridized carbons (Fsp3) is 0.286. The Morgan fingerprint density at radius 3 is 2.62 bits per heavy atom. The number of nitrogen functional groups attached to an aromatic ring is 1. The van der Waals surface area contributed by atoms with Gasteiger partial charge in [-0.3, -0.25) is 0 Å². The van der Waals surface area contributed by atoms with E-state index < -0.39 is 5.06 Å². The van der Waals surface area contributed by atoms with E-state index >= 15 is 0 Å². The van der Waals surface area contributed by atoms with Gasteiger partial charge < -0.3 is 10.8 Å². The summed E-state index contributed by atoms with van der Waals surface area (Å²) >= 11 is 14.5. The van der Waals surface area contributed by atoms with Crippen LogP contribution in [0.1, 0.15) is 12.6 Å². The topological polar surface area (TPSA) is 59.1 Å². The minimum absolute atomic E-state index is 0.116. The minimum Gasteiger partial charge on any atom is -0.395 e. The third kappa shape index (κ3) is 2.47. The summed E-state index contributed by atoms with van der Waals surface area (Å²) in [7, 11) is 0. The molecule has 0 radical (unpaired) electrons. The first-order chi connectivity index (χ1) is 5.82. The first kappa shape index (κ1) is 11.0. The van der Waals surface area contributed by atoms with E-state index in [2.05, 4.69) is 20.9 Å². The molecule has 0 saturated heterocycles. The van der Waals surface area contributed by atoms with Crippen molar-refractivity contribution in [3.8, 4) is 0 Å². The van der Waals surface area contributed by atoms with Crippen LogP contribution in [-0.4, -0.2) is 10.1 Å². The van der Waals surface area contributed by atoms with Gasteiger partial charge in [0, 0.05) is 4.47 Å². The van der Waals surface area contributed by atoms with Gasteiger partial charge in [0.05, 0.1) is 11.4 Å². The van der Waals surface area contributed by atoms with E-state index in [9.17, 15) is 5.11 Å². The molecule has 0 aromatic carbocycles. The monoisotopic (exact) mass is 284 g/mol. The third-order valence-electron chi connectivity index (χ3n) is 1.43. The zero-order valence-corrected chi connectivity index (χ0v) is 9.78. The number of aromatic nitrogens is 1.